The average Bonchev–Trinajstić information content (AvgIpc) is 3.13. The monoisotopic (exact) mass is 843 g/mol. The molecule has 4 heterocycles. The Morgan fingerprint density at radius 1 is 0.864 bits per heavy atom. The summed E-state index contributed by atoms with van der Waals surface area (Å²) in [6, 6.07) is -0.466. The van der Waals surface area contributed by atoms with Gasteiger partial charge in [0.05, 0.1) is 54.7 Å². The number of cyclic esters (lactones) is 1. The summed E-state index contributed by atoms with van der Waals surface area (Å²) in [5.41, 5.74) is -1.47. The summed E-state index contributed by atoms with van der Waals surface area (Å²) in [6.45, 7) is 10.8. The molecular weight excluding hydrogens is 768 g/mol. The second-order valence-electron chi connectivity index (χ2n) is 17.8. The fraction of sp³-hybridized carbons (Fsp3) is 0.860. The Hall–Kier alpha value is -1.90. The van der Waals surface area contributed by atoms with Gasteiger partial charge in [0.25, 0.3) is 0 Å². The predicted octanol–water partition coefficient (Wildman–Crippen LogP) is 2.33. The second kappa shape index (κ2) is 22.5. The Bertz CT molecular complexity index is 1370. The van der Waals surface area contributed by atoms with Crippen LogP contribution in [0.25, 0.3) is 0 Å². The van der Waals surface area contributed by atoms with Gasteiger partial charge in [0.15, 0.2) is 18.9 Å². The van der Waals surface area contributed by atoms with Gasteiger partial charge < -0.3 is 72.9 Å². The highest BCUT2D eigenvalue weighted by molar-refractivity contribution is 5.70. The zero-order valence-corrected chi connectivity index (χ0v) is 37.0. The maximum absolute atomic E-state index is 13.1. The van der Waals surface area contributed by atoms with Crippen LogP contribution in [0.15, 0.2) is 24.3 Å². The minimum atomic E-state index is -1.47. The zero-order chi connectivity index (χ0) is 43.8. The van der Waals surface area contributed by atoms with Crippen molar-refractivity contribution in [1.82, 2.24) is 9.80 Å². The summed E-state index contributed by atoms with van der Waals surface area (Å²) in [4.78, 5) is 29.5. The van der Waals surface area contributed by atoms with Crippen LogP contribution in [0.5, 0.6) is 0 Å². The molecule has 4 aliphatic rings. The third-order valence-electron chi connectivity index (χ3n) is 12.4. The van der Waals surface area contributed by atoms with Crippen LogP contribution < -0.4 is 0 Å². The van der Waals surface area contributed by atoms with Crippen molar-refractivity contribution in [3.8, 4) is 0 Å². The summed E-state index contributed by atoms with van der Waals surface area (Å²) in [7, 11) is 9.03. The molecule has 59 heavy (non-hydrogen) atoms. The Kier molecular flexibility index (Phi) is 18.9. The number of carbonyl (C=O) groups is 2. The number of hydrogen-bond donors (Lipinski definition) is 4. The van der Waals surface area contributed by atoms with E-state index in [1.165, 1.54) is 14.0 Å². The van der Waals surface area contributed by atoms with Gasteiger partial charge in [-0.15, -0.1) is 0 Å². The van der Waals surface area contributed by atoms with Crippen LogP contribution in [0, 0.1) is 11.8 Å². The van der Waals surface area contributed by atoms with E-state index in [0.717, 1.165) is 12.7 Å². The number of methoxy groups -OCH3 is 1. The van der Waals surface area contributed by atoms with Crippen LogP contribution in [0.1, 0.15) is 86.5 Å². The minimum absolute atomic E-state index is 0.00885. The highest BCUT2D eigenvalue weighted by Gasteiger charge is 2.52. The van der Waals surface area contributed by atoms with Crippen molar-refractivity contribution in [2.45, 2.75) is 190 Å². The van der Waals surface area contributed by atoms with E-state index in [9.17, 15) is 30.0 Å². The van der Waals surface area contributed by atoms with Crippen LogP contribution in [-0.2, 0) is 47.5 Å². The third-order valence-corrected chi connectivity index (χ3v) is 12.4. The molecule has 16 heteroatoms. The number of likely N-dealkylation sites (N-methyl/N-ethyl adjacent to an activating group) is 2. The number of hydrogen-bond acceptors (Lipinski definition) is 16. The molecule has 0 aromatic carbocycles. The predicted molar refractivity (Wildman–Crippen MR) is 217 cm³/mol. The molecule has 0 aliphatic carbocycles. The van der Waals surface area contributed by atoms with Crippen molar-refractivity contribution in [2.24, 2.45) is 11.8 Å². The fourth-order valence-corrected chi connectivity index (χ4v) is 9.10. The van der Waals surface area contributed by atoms with Gasteiger partial charge in [0.1, 0.15) is 36.8 Å². The van der Waals surface area contributed by atoms with E-state index < -0.39 is 110 Å². The van der Waals surface area contributed by atoms with Crippen molar-refractivity contribution in [3.05, 3.63) is 24.3 Å². The van der Waals surface area contributed by atoms with Gasteiger partial charge in [-0.1, -0.05) is 31.2 Å². The van der Waals surface area contributed by atoms with Crippen LogP contribution >= 0.6 is 0 Å². The normalized spacial score (nSPS) is 45.8. The third kappa shape index (κ3) is 13.3. The summed E-state index contributed by atoms with van der Waals surface area (Å²) < 4.78 is 50.0. The summed E-state index contributed by atoms with van der Waals surface area (Å²) >= 11 is 0. The molecule has 4 N–H and O–H groups in total. The molecule has 0 aromatic rings. The van der Waals surface area contributed by atoms with E-state index in [1.54, 1.807) is 39.8 Å². The number of aliphatic hydroxyl groups is 4. The SMILES string of the molecule is CO[C@@H]1[C@H](O[C@@H]2O[C@H](C)[C@@H](O[C@H]3C[C@@](C)(O)[C@@H](O)[C@H](C)O3)[C@H](N(C)C)[C@H]2O)[C@H](CC=O)C[C@@H](C)[C@@H](O[C@H]2CC[C@H](N(C)C)[C@@H](C)O2)/C=C/C=C/C[C@@H](C)OC(=O)C[C@H]1O. The molecule has 0 saturated carbocycles. The van der Waals surface area contributed by atoms with Crippen molar-refractivity contribution in [2.75, 3.05) is 35.3 Å². The summed E-state index contributed by atoms with van der Waals surface area (Å²) in [6.07, 6.45) is -1.56. The molecule has 0 aromatic heterocycles. The Morgan fingerprint density at radius 2 is 1.56 bits per heavy atom. The molecule has 4 aliphatic heterocycles. The van der Waals surface area contributed by atoms with Crippen LogP contribution in [0.3, 0.4) is 0 Å². The molecule has 0 amide bonds. The first-order valence-electron chi connectivity index (χ1n) is 21.3. The Morgan fingerprint density at radius 3 is 2.17 bits per heavy atom. The zero-order valence-electron chi connectivity index (χ0n) is 37.0. The topological polar surface area (TPSA) is 195 Å². The number of ether oxygens (including phenoxy) is 8. The minimum Gasteiger partial charge on any atom is -0.462 e. The molecule has 16 nitrogen and oxygen atoms in total. The Balaban J connectivity index is 1.66. The number of nitrogens with zero attached hydrogens (tertiary/aromatic N) is 2. The van der Waals surface area contributed by atoms with Crippen LogP contribution in [-0.4, -0.2) is 181 Å². The van der Waals surface area contributed by atoms with E-state index in [1.807, 2.05) is 52.2 Å². The molecule has 340 valence electrons. The number of allylic oxidation sites excluding steroid dienone is 2. The Labute approximate surface area is 351 Å². The largest absolute Gasteiger partial charge is 0.462 e. The van der Waals surface area contributed by atoms with E-state index in [4.69, 9.17) is 37.9 Å². The number of carbonyl (C=O) groups excluding carboxylic acids is 2. The van der Waals surface area contributed by atoms with Gasteiger partial charge in [-0.05, 0) is 93.9 Å². The van der Waals surface area contributed by atoms with Crippen molar-refractivity contribution in [3.63, 3.8) is 0 Å². The standard InChI is InChI=1S/C43H74N2O14/c1-24-21-29(19-20-46)39(59-42-37(49)36(45(9)10)38(27(4)56-42)58-35-23-43(6,51)41(50)28(5)55-35)40(52-11)31(47)22-33(48)53-25(2)15-13-12-14-16-32(24)57-34-18-17-30(44(7)8)26(3)54-34/h12-14,16,20,24-32,34-42,47,49-51H,15,17-19,21-23H2,1-11H3/b13-12+,16-14+/t24-,25-,26-,27-,28+,29-,30+,31-,32+,34+,35+,36-,37-,38-,39-,40+,41+,42+,43-/m1/s1. The lowest BCUT2D eigenvalue weighted by atomic mass is 9.82. The van der Waals surface area contributed by atoms with Gasteiger partial charge in [-0.3, -0.25) is 4.79 Å². The maximum Gasteiger partial charge on any atom is 0.308 e. The lowest BCUT2D eigenvalue weighted by Gasteiger charge is -2.50. The first kappa shape index (κ1) is 49.8. The fourth-order valence-electron chi connectivity index (χ4n) is 9.10. The molecule has 3 fully saturated rings. The molecule has 0 spiro atoms. The van der Waals surface area contributed by atoms with Crippen molar-refractivity contribution < 1.29 is 67.9 Å². The molecule has 0 radical (unpaired) electrons. The lowest BCUT2D eigenvalue weighted by Crippen LogP contribution is -2.65. The van der Waals surface area contributed by atoms with Gasteiger partial charge in [-0.25, -0.2) is 0 Å². The van der Waals surface area contributed by atoms with Crippen molar-refractivity contribution >= 4 is 12.3 Å². The van der Waals surface area contributed by atoms with E-state index >= 15 is 0 Å². The summed E-state index contributed by atoms with van der Waals surface area (Å²) in [5.74, 6) is -1.47. The molecule has 0 bridgehead atoms. The number of aliphatic hydroxyl groups excluding tert-OH is 3. The summed E-state index contributed by atoms with van der Waals surface area (Å²) in [5, 5.41) is 45.1. The highest BCUT2D eigenvalue weighted by Crippen LogP contribution is 2.37. The molecule has 0 unspecified atom stereocenters. The first-order chi connectivity index (χ1) is 27.8. The van der Waals surface area contributed by atoms with Gasteiger partial charge in [-0.2, -0.15) is 0 Å². The van der Waals surface area contributed by atoms with Crippen LogP contribution in [0.4, 0.5) is 0 Å². The van der Waals surface area contributed by atoms with E-state index in [0.29, 0.717) is 19.3 Å². The number of rotatable bonds is 11. The maximum atomic E-state index is 13.1. The molecule has 3 saturated heterocycles. The second-order valence-corrected chi connectivity index (χ2v) is 17.8. The van der Waals surface area contributed by atoms with Gasteiger partial charge in [0.2, 0.25) is 0 Å². The highest BCUT2D eigenvalue weighted by atomic mass is 16.7. The first-order valence-corrected chi connectivity index (χ1v) is 21.3. The van der Waals surface area contributed by atoms with Gasteiger partial charge in [0, 0.05) is 32.4 Å². The average molecular weight is 843 g/mol. The van der Waals surface area contributed by atoms with Crippen molar-refractivity contribution in [1.29, 1.82) is 0 Å². The van der Waals surface area contributed by atoms with Crippen LogP contribution in [0.2, 0.25) is 0 Å². The van der Waals surface area contributed by atoms with Gasteiger partial charge >= 0.3 is 5.97 Å². The van der Waals surface area contributed by atoms with E-state index in [-0.39, 0.29) is 30.9 Å². The quantitative estimate of drug-likeness (QED) is 0.175. The lowest BCUT2D eigenvalue weighted by molar-refractivity contribution is -0.344. The number of aldehydes is 1. The molecular formula is C43H74N2O14. The van der Waals surface area contributed by atoms with E-state index in [2.05, 4.69) is 4.90 Å². The molecule has 4 rings (SSSR count). The number of esters is 1. The smallest absolute Gasteiger partial charge is 0.308 e. The molecule has 19 atom stereocenters.